The maximum absolute atomic E-state index is 10.4. The maximum atomic E-state index is 10.4. The van der Waals surface area contributed by atoms with Gasteiger partial charge in [-0.3, -0.25) is 4.55 Å². The number of likely N-dealkylation sites (N-methyl/N-ethyl adjacent to an activating group) is 1. The first kappa shape index (κ1) is 7.93. The smallest absolute Gasteiger partial charge is 0.323 e. The molecule has 1 atom stereocenters. The molecule has 0 aromatic carbocycles. The van der Waals surface area contributed by atoms with Crippen LogP contribution in [0, 0.1) is 0 Å². The molecule has 0 saturated carbocycles. The van der Waals surface area contributed by atoms with Crippen molar-refractivity contribution >= 4 is 10.3 Å². The normalized spacial score (nSPS) is 29.2. The largest absolute Gasteiger partial charge is 0.340 e. The van der Waals surface area contributed by atoms with Crippen molar-refractivity contribution in [2.45, 2.75) is 0 Å². The quantitative estimate of drug-likeness (QED) is 0.427. The van der Waals surface area contributed by atoms with Crippen molar-refractivity contribution in [1.29, 1.82) is 0 Å². The molecular weight excluding hydrogens is 156 g/mol. The van der Waals surface area contributed by atoms with Gasteiger partial charge < -0.3 is 4.90 Å². The molecule has 1 unspecified atom stereocenters. The summed E-state index contributed by atoms with van der Waals surface area (Å²) in [5.41, 5.74) is 0. The number of hydrogen-bond donors (Lipinski definition) is 2. The lowest BCUT2D eigenvalue weighted by Crippen LogP contribution is -3.07. The van der Waals surface area contributed by atoms with Crippen molar-refractivity contribution in [3.05, 3.63) is 0 Å². The van der Waals surface area contributed by atoms with Crippen LogP contribution in [-0.2, 0) is 10.3 Å². The molecule has 1 fully saturated rings. The van der Waals surface area contributed by atoms with Crippen molar-refractivity contribution in [2.75, 3.05) is 26.8 Å². The highest BCUT2D eigenvalue weighted by molar-refractivity contribution is 7.83. The molecular formula is C4H11N2O3S+. The van der Waals surface area contributed by atoms with Crippen LogP contribution in [0.1, 0.15) is 0 Å². The Labute approximate surface area is 60.1 Å². The van der Waals surface area contributed by atoms with E-state index in [0.717, 1.165) is 15.7 Å². The lowest BCUT2D eigenvalue weighted by molar-refractivity contribution is -0.869. The van der Waals surface area contributed by atoms with Crippen LogP contribution in [-0.4, -0.2) is 44.1 Å². The van der Waals surface area contributed by atoms with Gasteiger partial charge in [-0.05, 0) is 0 Å². The highest BCUT2D eigenvalue weighted by Gasteiger charge is 2.28. The van der Waals surface area contributed by atoms with Crippen LogP contribution in [0.4, 0.5) is 0 Å². The van der Waals surface area contributed by atoms with Crippen LogP contribution in [0.3, 0.4) is 0 Å². The van der Waals surface area contributed by atoms with Gasteiger partial charge in [-0.1, -0.05) is 0 Å². The highest BCUT2D eigenvalue weighted by Crippen LogP contribution is 1.94. The van der Waals surface area contributed by atoms with Gasteiger partial charge >= 0.3 is 10.3 Å². The van der Waals surface area contributed by atoms with Crippen LogP contribution in [0.2, 0.25) is 0 Å². The van der Waals surface area contributed by atoms with E-state index in [2.05, 4.69) is 0 Å². The fourth-order valence-corrected chi connectivity index (χ4v) is 1.68. The Morgan fingerprint density at radius 3 is 2.40 bits per heavy atom. The Morgan fingerprint density at radius 1 is 1.60 bits per heavy atom. The number of quaternary nitrogens is 1. The van der Waals surface area contributed by atoms with Crippen LogP contribution in [0.15, 0.2) is 0 Å². The standard InChI is InChI=1S/C4H10N2O3S/c1-5-2-3-6(4-5)10(7,8)9/h2-4H2,1H3,(H,7,8,9)/p+1. The van der Waals surface area contributed by atoms with Gasteiger partial charge in [0.15, 0.2) is 0 Å². The predicted octanol–water partition coefficient (Wildman–Crippen LogP) is -2.42. The minimum atomic E-state index is -3.92. The molecule has 0 aromatic rings. The van der Waals surface area contributed by atoms with Crippen molar-refractivity contribution in [1.82, 2.24) is 4.31 Å². The summed E-state index contributed by atoms with van der Waals surface area (Å²) in [7, 11) is -2.04. The average molecular weight is 167 g/mol. The highest BCUT2D eigenvalue weighted by atomic mass is 32.2. The summed E-state index contributed by atoms with van der Waals surface area (Å²) >= 11 is 0. The average Bonchev–Trinajstić information content (AvgIpc) is 2.11. The van der Waals surface area contributed by atoms with Crippen molar-refractivity contribution in [3.8, 4) is 0 Å². The van der Waals surface area contributed by atoms with Crippen LogP contribution in [0.25, 0.3) is 0 Å². The molecule has 5 nitrogen and oxygen atoms in total. The first-order chi connectivity index (χ1) is 4.50. The molecule has 0 amide bonds. The van der Waals surface area contributed by atoms with Gasteiger partial charge in [-0.2, -0.15) is 8.42 Å². The molecule has 6 heteroatoms. The van der Waals surface area contributed by atoms with Gasteiger partial charge in [-0.25, -0.2) is 0 Å². The predicted molar refractivity (Wildman–Crippen MR) is 34.9 cm³/mol. The third-order valence-electron chi connectivity index (χ3n) is 1.56. The summed E-state index contributed by atoms with van der Waals surface area (Å²) in [6.45, 7) is 1.56. The van der Waals surface area contributed by atoms with E-state index in [1.807, 2.05) is 7.05 Å². The Kier molecular flexibility index (Phi) is 1.95. The minimum Gasteiger partial charge on any atom is -0.323 e. The monoisotopic (exact) mass is 167 g/mol. The van der Waals surface area contributed by atoms with Gasteiger partial charge in [0, 0.05) is 0 Å². The molecule has 10 heavy (non-hydrogen) atoms. The zero-order chi connectivity index (χ0) is 7.78. The topological polar surface area (TPSA) is 62.0 Å². The Hall–Kier alpha value is -0.170. The van der Waals surface area contributed by atoms with Gasteiger partial charge in [0.05, 0.1) is 20.1 Å². The second-order valence-electron chi connectivity index (χ2n) is 2.52. The number of rotatable bonds is 1. The Morgan fingerprint density at radius 2 is 2.20 bits per heavy atom. The third-order valence-corrected chi connectivity index (χ3v) is 2.52. The summed E-state index contributed by atoms with van der Waals surface area (Å²) in [5, 5.41) is 0. The molecule has 0 radical (unpaired) electrons. The van der Waals surface area contributed by atoms with Crippen molar-refractivity contribution in [2.24, 2.45) is 0 Å². The lowest BCUT2D eigenvalue weighted by Gasteiger charge is -2.06. The first-order valence-corrected chi connectivity index (χ1v) is 4.44. The molecule has 0 bridgehead atoms. The summed E-state index contributed by atoms with van der Waals surface area (Å²) in [4.78, 5) is 1.10. The number of nitrogens with zero attached hydrogens (tertiary/aromatic N) is 1. The summed E-state index contributed by atoms with van der Waals surface area (Å²) in [6.07, 6.45) is 0. The molecule has 1 aliphatic heterocycles. The Balaban J connectivity index is 2.62. The second-order valence-corrected chi connectivity index (χ2v) is 3.93. The number of hydrogen-bond acceptors (Lipinski definition) is 2. The van der Waals surface area contributed by atoms with E-state index >= 15 is 0 Å². The van der Waals surface area contributed by atoms with Crippen molar-refractivity contribution in [3.63, 3.8) is 0 Å². The summed E-state index contributed by atoms with van der Waals surface area (Å²) in [6, 6.07) is 0. The zero-order valence-electron chi connectivity index (χ0n) is 5.74. The molecule has 1 saturated heterocycles. The molecule has 0 spiro atoms. The van der Waals surface area contributed by atoms with E-state index in [-0.39, 0.29) is 0 Å². The van der Waals surface area contributed by atoms with Gasteiger partial charge in [0.1, 0.15) is 6.67 Å². The lowest BCUT2D eigenvalue weighted by atomic mass is 10.7. The number of nitrogens with one attached hydrogen (secondary N) is 1. The molecule has 0 aromatic heterocycles. The van der Waals surface area contributed by atoms with E-state index in [1.54, 1.807) is 0 Å². The first-order valence-electron chi connectivity index (χ1n) is 3.04. The van der Waals surface area contributed by atoms with Gasteiger partial charge in [-0.15, -0.1) is 4.31 Å². The Bertz CT molecular complexity index is 213. The van der Waals surface area contributed by atoms with Crippen LogP contribution >= 0.6 is 0 Å². The minimum absolute atomic E-state index is 0.374. The van der Waals surface area contributed by atoms with Crippen LogP contribution < -0.4 is 4.90 Å². The van der Waals surface area contributed by atoms with Crippen molar-refractivity contribution < 1.29 is 17.9 Å². The van der Waals surface area contributed by atoms with Crippen LogP contribution in [0.5, 0.6) is 0 Å². The fourth-order valence-electron chi connectivity index (χ4n) is 0.972. The third kappa shape index (κ3) is 1.66. The molecule has 1 rings (SSSR count). The molecule has 0 aliphatic carbocycles. The van der Waals surface area contributed by atoms with E-state index < -0.39 is 10.3 Å². The second kappa shape index (κ2) is 2.46. The van der Waals surface area contributed by atoms with Gasteiger partial charge in [0.2, 0.25) is 0 Å². The van der Waals surface area contributed by atoms with E-state index in [0.29, 0.717) is 13.2 Å². The van der Waals surface area contributed by atoms with E-state index in [1.165, 1.54) is 0 Å². The molecule has 1 aliphatic rings. The molecule has 2 N–H and O–H groups in total. The van der Waals surface area contributed by atoms with E-state index in [4.69, 9.17) is 4.55 Å². The SMILES string of the molecule is C[NH+]1CCN(S(=O)(=O)O)C1. The van der Waals surface area contributed by atoms with Gasteiger partial charge in [0.25, 0.3) is 0 Å². The molecule has 60 valence electrons. The summed E-state index contributed by atoms with van der Waals surface area (Å²) < 4.78 is 30.5. The summed E-state index contributed by atoms with van der Waals surface area (Å²) in [5.74, 6) is 0. The molecule has 1 heterocycles. The zero-order valence-corrected chi connectivity index (χ0v) is 6.56. The van der Waals surface area contributed by atoms with E-state index in [9.17, 15) is 8.42 Å². The maximum Gasteiger partial charge on any atom is 0.340 e. The fraction of sp³-hybridized carbons (Fsp3) is 1.00.